The van der Waals surface area contributed by atoms with Crippen LogP contribution in [0.25, 0.3) is 0 Å². The molecule has 0 spiro atoms. The molecule has 5 nitrogen and oxygen atoms in total. The Bertz CT molecular complexity index is 463. The first kappa shape index (κ1) is 14.7. The zero-order valence-electron chi connectivity index (χ0n) is 9.74. The summed E-state index contributed by atoms with van der Waals surface area (Å²) in [6, 6.07) is 1.25. The number of rotatable bonds is 4. The Morgan fingerprint density at radius 1 is 1.61 bits per heavy atom. The number of ether oxygens (including phenoxy) is 2. The molecule has 0 aliphatic heterocycles. The van der Waals surface area contributed by atoms with E-state index in [2.05, 4.69) is 20.7 Å². The van der Waals surface area contributed by atoms with Crippen molar-refractivity contribution in [3.63, 3.8) is 0 Å². The van der Waals surface area contributed by atoms with Gasteiger partial charge < -0.3 is 19.7 Å². The topological polar surface area (TPSA) is 76.0 Å². The second-order valence-corrected chi connectivity index (χ2v) is 4.15. The Balaban J connectivity index is 3.25. The first-order valence-electron chi connectivity index (χ1n) is 5.03. The van der Waals surface area contributed by atoms with E-state index in [1.165, 1.54) is 13.2 Å². The zero-order valence-corrected chi connectivity index (χ0v) is 11.3. The average Bonchev–Trinajstić information content (AvgIpc) is 2.34. The summed E-state index contributed by atoms with van der Waals surface area (Å²) in [5.41, 5.74) is -0.397. The Labute approximate surface area is 111 Å². The van der Waals surface area contributed by atoms with Crippen molar-refractivity contribution in [3.8, 4) is 11.5 Å². The largest absolute Gasteiger partial charge is 0.502 e. The zero-order chi connectivity index (χ0) is 13.9. The lowest BCUT2D eigenvalue weighted by atomic mass is 10.1. The van der Waals surface area contributed by atoms with Gasteiger partial charge in [0.15, 0.2) is 23.4 Å². The Morgan fingerprint density at radius 3 is 2.72 bits per heavy atom. The predicted octanol–water partition coefficient (Wildman–Crippen LogP) is 1.90. The summed E-state index contributed by atoms with van der Waals surface area (Å²) < 4.78 is 23.2. The molecule has 0 amide bonds. The van der Waals surface area contributed by atoms with E-state index in [0.29, 0.717) is 0 Å². The van der Waals surface area contributed by atoms with Crippen molar-refractivity contribution >= 4 is 21.9 Å². The standard InChI is InChI=1S/C11H12BrFO5/c1-3-18-11(16)10(15)7-5(12)4-6(17-2)9(14)8(7)13/h4,10,14-15H,3H2,1-2H3. The van der Waals surface area contributed by atoms with Crippen LogP contribution in [0.1, 0.15) is 18.6 Å². The van der Waals surface area contributed by atoms with E-state index in [-0.39, 0.29) is 16.8 Å². The minimum absolute atomic E-state index is 0.0528. The number of carbonyl (C=O) groups excluding carboxylic acids is 1. The molecule has 7 heteroatoms. The molecule has 1 aromatic carbocycles. The Kier molecular flexibility index (Phi) is 4.92. The smallest absolute Gasteiger partial charge is 0.339 e. The summed E-state index contributed by atoms with van der Waals surface area (Å²) in [4.78, 5) is 11.3. The Hall–Kier alpha value is -1.34. The number of hydrogen-bond acceptors (Lipinski definition) is 5. The van der Waals surface area contributed by atoms with Gasteiger partial charge >= 0.3 is 5.97 Å². The van der Waals surface area contributed by atoms with Gasteiger partial charge in [-0.1, -0.05) is 15.9 Å². The Morgan fingerprint density at radius 2 is 2.22 bits per heavy atom. The van der Waals surface area contributed by atoms with E-state index >= 15 is 0 Å². The summed E-state index contributed by atoms with van der Waals surface area (Å²) in [5, 5.41) is 19.2. The number of aromatic hydroxyl groups is 1. The van der Waals surface area contributed by atoms with Gasteiger partial charge in [0.1, 0.15) is 0 Å². The molecule has 0 heterocycles. The summed E-state index contributed by atoms with van der Waals surface area (Å²) in [6.45, 7) is 1.61. The van der Waals surface area contributed by atoms with E-state index in [4.69, 9.17) is 4.74 Å². The maximum Gasteiger partial charge on any atom is 0.339 e. The lowest BCUT2D eigenvalue weighted by molar-refractivity contribution is -0.153. The van der Waals surface area contributed by atoms with Crippen molar-refractivity contribution < 1.29 is 28.9 Å². The predicted molar refractivity (Wildman–Crippen MR) is 63.9 cm³/mol. The van der Waals surface area contributed by atoms with Gasteiger partial charge in [0.05, 0.1) is 13.7 Å². The number of halogens is 2. The summed E-state index contributed by atoms with van der Waals surface area (Å²) in [5.74, 6) is -3.03. The number of hydrogen-bond donors (Lipinski definition) is 2. The normalized spacial score (nSPS) is 12.1. The second-order valence-electron chi connectivity index (χ2n) is 3.29. The van der Waals surface area contributed by atoms with E-state index in [9.17, 15) is 19.4 Å². The molecule has 0 aliphatic rings. The molecule has 1 rings (SSSR count). The minimum Gasteiger partial charge on any atom is -0.502 e. The second kappa shape index (κ2) is 6.01. The van der Waals surface area contributed by atoms with Crippen LogP contribution in [0.15, 0.2) is 10.5 Å². The fourth-order valence-corrected chi connectivity index (χ4v) is 1.95. The lowest BCUT2D eigenvalue weighted by Gasteiger charge is -2.15. The van der Waals surface area contributed by atoms with Crippen molar-refractivity contribution in [2.75, 3.05) is 13.7 Å². The van der Waals surface area contributed by atoms with Crippen molar-refractivity contribution in [3.05, 3.63) is 21.9 Å². The fraction of sp³-hybridized carbons (Fsp3) is 0.364. The third-order valence-corrected chi connectivity index (χ3v) is 2.85. The van der Waals surface area contributed by atoms with Crippen molar-refractivity contribution in [2.24, 2.45) is 0 Å². The van der Waals surface area contributed by atoms with Gasteiger partial charge in [0, 0.05) is 10.0 Å². The molecule has 2 N–H and O–H groups in total. The maximum atomic E-state index is 13.8. The van der Waals surface area contributed by atoms with E-state index < -0.39 is 29.2 Å². The summed E-state index contributed by atoms with van der Waals surface area (Å²) in [7, 11) is 1.25. The third kappa shape index (κ3) is 2.73. The quantitative estimate of drug-likeness (QED) is 0.828. The number of phenols is 1. The molecule has 0 fully saturated rings. The molecule has 0 bridgehead atoms. The monoisotopic (exact) mass is 322 g/mol. The van der Waals surface area contributed by atoms with Crippen molar-refractivity contribution in [2.45, 2.75) is 13.0 Å². The van der Waals surface area contributed by atoms with Crippen LogP contribution in [0.5, 0.6) is 11.5 Å². The first-order valence-corrected chi connectivity index (χ1v) is 5.82. The van der Waals surface area contributed by atoms with Gasteiger partial charge in [-0.15, -0.1) is 0 Å². The first-order chi connectivity index (χ1) is 8.43. The fourth-order valence-electron chi connectivity index (χ4n) is 1.35. The van der Waals surface area contributed by atoms with Gasteiger partial charge in [0.25, 0.3) is 0 Å². The highest BCUT2D eigenvalue weighted by Gasteiger charge is 2.28. The van der Waals surface area contributed by atoms with E-state index in [0.717, 1.165) is 0 Å². The molecular formula is C11H12BrFO5. The molecule has 1 aromatic rings. The highest BCUT2D eigenvalue weighted by Crippen LogP contribution is 2.39. The van der Waals surface area contributed by atoms with Gasteiger partial charge in [0.2, 0.25) is 0 Å². The number of phenolic OH excluding ortho intramolecular Hbond substituents is 1. The highest BCUT2D eigenvalue weighted by atomic mass is 79.9. The van der Waals surface area contributed by atoms with Gasteiger partial charge in [-0.2, -0.15) is 0 Å². The number of carbonyl (C=O) groups is 1. The minimum atomic E-state index is -1.82. The molecule has 0 saturated heterocycles. The lowest BCUT2D eigenvalue weighted by Crippen LogP contribution is -2.17. The van der Waals surface area contributed by atoms with Crippen molar-refractivity contribution in [1.82, 2.24) is 0 Å². The van der Waals surface area contributed by atoms with Crippen LogP contribution in [-0.2, 0) is 9.53 Å². The van der Waals surface area contributed by atoms with Gasteiger partial charge in [-0.3, -0.25) is 0 Å². The molecule has 100 valence electrons. The average molecular weight is 323 g/mol. The van der Waals surface area contributed by atoms with Crippen LogP contribution in [-0.4, -0.2) is 29.9 Å². The number of methoxy groups -OCH3 is 1. The maximum absolute atomic E-state index is 13.8. The van der Waals surface area contributed by atoms with Gasteiger partial charge in [-0.25, -0.2) is 9.18 Å². The van der Waals surface area contributed by atoms with Crippen LogP contribution in [0.2, 0.25) is 0 Å². The molecule has 0 saturated carbocycles. The molecule has 0 aliphatic carbocycles. The molecule has 1 unspecified atom stereocenters. The van der Waals surface area contributed by atoms with E-state index in [1.54, 1.807) is 6.92 Å². The molecule has 0 radical (unpaired) electrons. The van der Waals surface area contributed by atoms with Gasteiger partial charge in [-0.05, 0) is 13.0 Å². The molecular weight excluding hydrogens is 311 g/mol. The number of aliphatic hydroxyl groups excluding tert-OH is 1. The van der Waals surface area contributed by atoms with Crippen LogP contribution in [0, 0.1) is 5.82 Å². The number of aliphatic hydroxyl groups is 1. The molecule has 1 atom stereocenters. The highest BCUT2D eigenvalue weighted by molar-refractivity contribution is 9.10. The SMILES string of the molecule is CCOC(=O)C(O)c1c(Br)cc(OC)c(O)c1F. The van der Waals surface area contributed by atoms with Crippen LogP contribution < -0.4 is 4.74 Å². The summed E-state index contributed by atoms with van der Waals surface area (Å²) >= 11 is 2.99. The van der Waals surface area contributed by atoms with E-state index in [1.807, 2.05) is 0 Å². The summed E-state index contributed by atoms with van der Waals surface area (Å²) in [6.07, 6.45) is -1.82. The van der Waals surface area contributed by atoms with Crippen LogP contribution >= 0.6 is 15.9 Å². The molecule has 18 heavy (non-hydrogen) atoms. The number of esters is 1. The molecule has 0 aromatic heterocycles. The third-order valence-electron chi connectivity index (χ3n) is 2.20. The van der Waals surface area contributed by atoms with Crippen molar-refractivity contribution in [1.29, 1.82) is 0 Å². The van der Waals surface area contributed by atoms with Crippen LogP contribution in [0.4, 0.5) is 4.39 Å². The van der Waals surface area contributed by atoms with Crippen LogP contribution in [0.3, 0.4) is 0 Å². The number of benzene rings is 1.